The first-order valence-corrected chi connectivity index (χ1v) is 7.85. The van der Waals surface area contributed by atoms with E-state index in [0.29, 0.717) is 9.23 Å². The topological polar surface area (TPSA) is 38.3 Å². The van der Waals surface area contributed by atoms with Crippen molar-refractivity contribution >= 4 is 45.9 Å². The third-order valence-corrected chi connectivity index (χ3v) is 4.77. The number of carbonyl (C=O) groups is 1. The van der Waals surface area contributed by atoms with Gasteiger partial charge in [-0.3, -0.25) is 4.79 Å². The molecule has 0 aliphatic carbocycles. The molecule has 1 aromatic carbocycles. The molecule has 0 unspecified atom stereocenters. The largest absolute Gasteiger partial charge is 0.483 e. The Morgan fingerprint density at radius 1 is 1.38 bits per heavy atom. The Kier molecular flexibility index (Phi) is 3.42. The Morgan fingerprint density at radius 3 is 2.81 bits per heavy atom. The minimum atomic E-state index is -0.282. The van der Waals surface area contributed by atoms with Crippen LogP contribution in [-0.2, 0) is 4.79 Å². The van der Waals surface area contributed by atoms with Crippen molar-refractivity contribution in [3.8, 4) is 5.75 Å². The monoisotopic (exact) mass is 317 g/mol. The van der Waals surface area contributed by atoms with Gasteiger partial charge >= 0.3 is 0 Å². The van der Waals surface area contributed by atoms with E-state index in [1.807, 2.05) is 45.0 Å². The van der Waals surface area contributed by atoms with Crippen molar-refractivity contribution in [3.05, 3.63) is 40.3 Å². The molecule has 0 radical (unpaired) electrons. The minimum Gasteiger partial charge on any atom is -0.483 e. The van der Waals surface area contributed by atoms with Gasteiger partial charge in [0.2, 0.25) is 0 Å². The average molecular weight is 317 g/mol. The average Bonchev–Trinajstić information content (AvgIpc) is 2.75. The molecule has 0 saturated carbocycles. The van der Waals surface area contributed by atoms with Crippen LogP contribution < -0.4 is 10.1 Å². The van der Waals surface area contributed by atoms with E-state index in [9.17, 15) is 4.79 Å². The normalized spacial score (nSPS) is 21.7. The number of hydrogen-bond donors (Lipinski definition) is 1. The quantitative estimate of drug-likeness (QED) is 0.632. The van der Waals surface area contributed by atoms with Crippen LogP contribution in [0.2, 0.25) is 0 Å². The van der Waals surface area contributed by atoms with E-state index in [2.05, 4.69) is 11.4 Å². The zero-order chi connectivity index (χ0) is 15.2. The van der Waals surface area contributed by atoms with Crippen molar-refractivity contribution in [1.82, 2.24) is 5.32 Å². The van der Waals surface area contributed by atoms with Gasteiger partial charge in [-0.15, -0.1) is 0 Å². The van der Waals surface area contributed by atoms with E-state index < -0.39 is 0 Å². The summed E-state index contributed by atoms with van der Waals surface area (Å²) in [6, 6.07) is 5.97. The molecule has 1 fully saturated rings. The van der Waals surface area contributed by atoms with E-state index in [1.54, 1.807) is 0 Å². The highest BCUT2D eigenvalue weighted by Gasteiger charge is 2.26. The first-order chi connectivity index (χ1) is 9.85. The number of allylic oxidation sites excluding steroid dienone is 1. The highest BCUT2D eigenvalue weighted by Crippen LogP contribution is 2.36. The van der Waals surface area contributed by atoms with Crippen LogP contribution in [0.5, 0.6) is 5.75 Å². The molecule has 1 aromatic rings. The van der Waals surface area contributed by atoms with Gasteiger partial charge in [0.15, 0.2) is 0 Å². The van der Waals surface area contributed by atoms with Crippen molar-refractivity contribution in [2.45, 2.75) is 26.4 Å². The minimum absolute atomic E-state index is 0.117. The lowest BCUT2D eigenvalue weighted by atomic mass is 9.98. The van der Waals surface area contributed by atoms with Crippen LogP contribution in [-0.4, -0.2) is 15.8 Å². The molecular weight excluding hydrogens is 302 g/mol. The first-order valence-electron chi connectivity index (χ1n) is 6.62. The second-order valence-corrected chi connectivity index (χ2v) is 7.28. The van der Waals surface area contributed by atoms with E-state index in [-0.39, 0.29) is 11.5 Å². The lowest BCUT2D eigenvalue weighted by Gasteiger charge is -2.28. The molecule has 108 valence electrons. The molecule has 0 atom stereocenters. The molecule has 21 heavy (non-hydrogen) atoms. The van der Waals surface area contributed by atoms with Gasteiger partial charge in [-0.1, -0.05) is 36.1 Å². The maximum absolute atomic E-state index is 11.9. The van der Waals surface area contributed by atoms with Gasteiger partial charge in [-0.2, -0.15) is 0 Å². The van der Waals surface area contributed by atoms with E-state index in [4.69, 9.17) is 17.0 Å². The molecule has 1 saturated heterocycles. The van der Waals surface area contributed by atoms with Crippen molar-refractivity contribution in [3.63, 3.8) is 0 Å². The van der Waals surface area contributed by atoms with E-state index in [0.717, 1.165) is 22.4 Å². The molecule has 1 amide bonds. The van der Waals surface area contributed by atoms with Crippen LogP contribution in [0.3, 0.4) is 0 Å². The summed E-state index contributed by atoms with van der Waals surface area (Å²) in [5, 5.41) is 2.65. The SMILES string of the molecule is C/C(=C1\SC(=S)NC1=O)c1ccc2c(c1)C=CC(C)(C)O2. The Morgan fingerprint density at radius 2 is 2.14 bits per heavy atom. The fraction of sp³-hybridized carbons (Fsp3) is 0.250. The third kappa shape index (κ3) is 2.76. The summed E-state index contributed by atoms with van der Waals surface area (Å²) in [6.07, 6.45) is 4.10. The summed E-state index contributed by atoms with van der Waals surface area (Å²) in [6.45, 7) is 5.98. The molecule has 1 N–H and O–H groups in total. The van der Waals surface area contributed by atoms with Gasteiger partial charge in [0.25, 0.3) is 5.91 Å². The summed E-state index contributed by atoms with van der Waals surface area (Å²) in [5.41, 5.74) is 2.68. The summed E-state index contributed by atoms with van der Waals surface area (Å²) in [5.74, 6) is 0.747. The second-order valence-electron chi connectivity index (χ2n) is 5.59. The van der Waals surface area contributed by atoms with Gasteiger partial charge in [0.05, 0.1) is 4.91 Å². The number of nitrogens with one attached hydrogen (secondary N) is 1. The number of amides is 1. The Bertz CT molecular complexity index is 717. The molecule has 0 aromatic heterocycles. The Labute approximate surface area is 133 Å². The second kappa shape index (κ2) is 5.00. The van der Waals surface area contributed by atoms with Crippen molar-refractivity contribution in [2.24, 2.45) is 0 Å². The van der Waals surface area contributed by atoms with Gasteiger partial charge in [-0.05, 0) is 50.1 Å². The van der Waals surface area contributed by atoms with Gasteiger partial charge in [0, 0.05) is 5.56 Å². The van der Waals surface area contributed by atoms with Gasteiger partial charge in [0.1, 0.15) is 15.7 Å². The molecule has 5 heteroatoms. The number of hydrogen-bond acceptors (Lipinski definition) is 4. The zero-order valence-electron chi connectivity index (χ0n) is 12.0. The molecule has 0 bridgehead atoms. The fourth-order valence-electron chi connectivity index (χ4n) is 2.30. The highest BCUT2D eigenvalue weighted by molar-refractivity contribution is 8.26. The predicted octanol–water partition coefficient (Wildman–Crippen LogP) is 3.75. The van der Waals surface area contributed by atoms with Crippen LogP contribution >= 0.6 is 24.0 Å². The fourth-order valence-corrected chi connectivity index (χ4v) is 3.39. The third-order valence-electron chi connectivity index (χ3n) is 3.44. The number of thioether (sulfide) groups is 1. The number of ether oxygens (including phenoxy) is 1. The highest BCUT2D eigenvalue weighted by atomic mass is 32.2. The summed E-state index contributed by atoms with van der Waals surface area (Å²) < 4.78 is 6.42. The number of fused-ring (bicyclic) bond motifs is 1. The molecule has 2 aliphatic heterocycles. The number of benzene rings is 1. The van der Waals surface area contributed by atoms with Crippen molar-refractivity contribution in [1.29, 1.82) is 0 Å². The Balaban J connectivity index is 2.01. The number of carbonyl (C=O) groups excluding carboxylic acids is 1. The van der Waals surface area contributed by atoms with Crippen LogP contribution in [0, 0.1) is 0 Å². The maximum atomic E-state index is 11.9. The number of rotatable bonds is 1. The Hall–Kier alpha value is -1.59. The number of thiocarbonyl (C=S) groups is 1. The first kappa shape index (κ1) is 14.4. The summed E-state index contributed by atoms with van der Waals surface area (Å²) in [7, 11) is 0. The predicted molar refractivity (Wildman–Crippen MR) is 91.1 cm³/mol. The van der Waals surface area contributed by atoms with Crippen LogP contribution in [0.15, 0.2) is 29.2 Å². The zero-order valence-corrected chi connectivity index (χ0v) is 13.7. The van der Waals surface area contributed by atoms with Crippen LogP contribution in [0.1, 0.15) is 31.9 Å². The summed E-state index contributed by atoms with van der Waals surface area (Å²) in [4.78, 5) is 12.5. The maximum Gasteiger partial charge on any atom is 0.263 e. The van der Waals surface area contributed by atoms with Crippen LogP contribution in [0.25, 0.3) is 11.6 Å². The molecule has 3 nitrogen and oxygen atoms in total. The molecule has 2 aliphatic rings. The lowest BCUT2D eigenvalue weighted by Crippen LogP contribution is -2.27. The van der Waals surface area contributed by atoms with Gasteiger partial charge in [-0.25, -0.2) is 0 Å². The standard InChI is InChI=1S/C16H15NO2S2/c1-9(13-14(18)17-15(20)21-13)10-4-5-12-11(8-10)6-7-16(2,3)19-12/h4-8H,1-3H3,(H,17,18,20)/b13-9+. The van der Waals surface area contributed by atoms with Gasteiger partial charge < -0.3 is 10.1 Å². The van der Waals surface area contributed by atoms with E-state index >= 15 is 0 Å². The molecule has 3 rings (SSSR count). The van der Waals surface area contributed by atoms with Crippen molar-refractivity contribution in [2.75, 3.05) is 0 Å². The molecule has 0 spiro atoms. The lowest BCUT2D eigenvalue weighted by molar-refractivity contribution is -0.115. The van der Waals surface area contributed by atoms with E-state index in [1.165, 1.54) is 11.8 Å². The molecule has 2 heterocycles. The smallest absolute Gasteiger partial charge is 0.263 e. The van der Waals surface area contributed by atoms with Crippen LogP contribution in [0.4, 0.5) is 0 Å². The summed E-state index contributed by atoms with van der Waals surface area (Å²) >= 11 is 6.35. The molecular formula is C16H15NO2S2. The van der Waals surface area contributed by atoms with Crippen molar-refractivity contribution < 1.29 is 9.53 Å².